The van der Waals surface area contributed by atoms with E-state index in [2.05, 4.69) is 5.32 Å². The number of carboxylic acid groups (broad SMARTS) is 1. The van der Waals surface area contributed by atoms with Gasteiger partial charge in [0.05, 0.1) is 0 Å². The molecule has 0 radical (unpaired) electrons. The average molecular weight is 212 g/mol. The van der Waals surface area contributed by atoms with Crippen LogP contribution in [0, 0.1) is 0 Å². The SMILES string of the molecule is O=C(O)/C=C/C(=O)NC(=O)NC1CCC1. The zero-order chi connectivity index (χ0) is 11.3. The predicted octanol–water partition coefficient (Wildman–Crippen LogP) is 0.00550. The molecule has 0 aromatic carbocycles. The summed E-state index contributed by atoms with van der Waals surface area (Å²) in [5, 5.41) is 12.8. The number of hydrogen-bond acceptors (Lipinski definition) is 3. The maximum absolute atomic E-state index is 11.1. The third kappa shape index (κ3) is 4.26. The number of urea groups is 1. The molecule has 0 unspecified atom stereocenters. The standard InChI is InChI=1S/C9H12N2O4/c12-7(4-5-8(13)14)11-9(15)10-6-2-1-3-6/h4-6H,1-3H2,(H,13,14)(H2,10,11,12,15)/b5-4+. The molecule has 15 heavy (non-hydrogen) atoms. The Balaban J connectivity index is 2.24. The Labute approximate surface area is 86.3 Å². The molecular weight excluding hydrogens is 200 g/mol. The van der Waals surface area contributed by atoms with Crippen molar-refractivity contribution in [1.29, 1.82) is 0 Å². The monoisotopic (exact) mass is 212 g/mol. The van der Waals surface area contributed by atoms with E-state index in [0.29, 0.717) is 6.08 Å². The van der Waals surface area contributed by atoms with E-state index < -0.39 is 17.9 Å². The number of carbonyl (C=O) groups excluding carboxylic acids is 2. The molecule has 6 nitrogen and oxygen atoms in total. The number of amides is 3. The van der Waals surface area contributed by atoms with Crippen LogP contribution in [0.25, 0.3) is 0 Å². The zero-order valence-electron chi connectivity index (χ0n) is 8.03. The quantitative estimate of drug-likeness (QED) is 0.574. The van der Waals surface area contributed by atoms with E-state index in [0.717, 1.165) is 25.3 Å². The van der Waals surface area contributed by atoms with Gasteiger partial charge in [0.25, 0.3) is 5.91 Å². The zero-order valence-corrected chi connectivity index (χ0v) is 8.03. The molecule has 0 bridgehead atoms. The van der Waals surface area contributed by atoms with E-state index in [1.165, 1.54) is 0 Å². The molecule has 0 aliphatic heterocycles. The summed E-state index contributed by atoms with van der Waals surface area (Å²) in [6.45, 7) is 0. The van der Waals surface area contributed by atoms with Gasteiger partial charge in [-0.1, -0.05) is 0 Å². The van der Waals surface area contributed by atoms with Gasteiger partial charge in [-0.15, -0.1) is 0 Å². The van der Waals surface area contributed by atoms with Crippen molar-refractivity contribution in [3.8, 4) is 0 Å². The van der Waals surface area contributed by atoms with Gasteiger partial charge in [0.2, 0.25) is 0 Å². The summed E-state index contributed by atoms with van der Waals surface area (Å²) in [6.07, 6.45) is 4.39. The van der Waals surface area contributed by atoms with Crippen molar-refractivity contribution in [2.75, 3.05) is 0 Å². The van der Waals surface area contributed by atoms with E-state index in [1.807, 2.05) is 5.32 Å². The molecule has 82 valence electrons. The van der Waals surface area contributed by atoms with Crippen molar-refractivity contribution in [3.63, 3.8) is 0 Å². The molecule has 0 aromatic heterocycles. The number of carbonyl (C=O) groups is 3. The first kappa shape index (κ1) is 11.2. The number of nitrogens with one attached hydrogen (secondary N) is 2. The van der Waals surface area contributed by atoms with E-state index >= 15 is 0 Å². The summed E-state index contributed by atoms with van der Waals surface area (Å²) >= 11 is 0. The first-order valence-electron chi connectivity index (χ1n) is 4.60. The van der Waals surface area contributed by atoms with Crippen LogP contribution in [-0.2, 0) is 9.59 Å². The second kappa shape index (κ2) is 5.14. The van der Waals surface area contributed by atoms with Gasteiger partial charge in [-0.25, -0.2) is 9.59 Å². The Morgan fingerprint density at radius 2 is 1.87 bits per heavy atom. The number of aliphatic carboxylic acids is 1. The Bertz CT molecular complexity index is 307. The maximum atomic E-state index is 11.1. The second-order valence-corrected chi connectivity index (χ2v) is 3.26. The van der Waals surface area contributed by atoms with Crippen LogP contribution in [0.1, 0.15) is 19.3 Å². The van der Waals surface area contributed by atoms with Crippen LogP contribution in [0.3, 0.4) is 0 Å². The molecule has 1 aliphatic carbocycles. The lowest BCUT2D eigenvalue weighted by molar-refractivity contribution is -0.131. The summed E-state index contributed by atoms with van der Waals surface area (Å²) in [5.74, 6) is -1.97. The highest BCUT2D eigenvalue weighted by atomic mass is 16.4. The average Bonchev–Trinajstić information content (AvgIpc) is 2.08. The van der Waals surface area contributed by atoms with Crippen LogP contribution in [0.4, 0.5) is 4.79 Å². The second-order valence-electron chi connectivity index (χ2n) is 3.26. The molecule has 3 N–H and O–H groups in total. The minimum atomic E-state index is -1.23. The number of carboxylic acids is 1. The maximum Gasteiger partial charge on any atom is 0.328 e. The van der Waals surface area contributed by atoms with E-state index in [-0.39, 0.29) is 6.04 Å². The summed E-state index contributed by atoms with van der Waals surface area (Å²) in [7, 11) is 0. The summed E-state index contributed by atoms with van der Waals surface area (Å²) in [5.41, 5.74) is 0. The van der Waals surface area contributed by atoms with Crippen LogP contribution in [0.5, 0.6) is 0 Å². The molecule has 1 rings (SSSR count). The van der Waals surface area contributed by atoms with Crippen LogP contribution in [0.2, 0.25) is 0 Å². The van der Waals surface area contributed by atoms with Crippen molar-refractivity contribution in [2.45, 2.75) is 25.3 Å². The van der Waals surface area contributed by atoms with Crippen molar-refractivity contribution in [1.82, 2.24) is 10.6 Å². The van der Waals surface area contributed by atoms with Crippen molar-refractivity contribution in [3.05, 3.63) is 12.2 Å². The normalized spacial score (nSPS) is 15.7. The van der Waals surface area contributed by atoms with Gasteiger partial charge >= 0.3 is 12.0 Å². The molecule has 0 spiro atoms. The van der Waals surface area contributed by atoms with Gasteiger partial charge in [0, 0.05) is 18.2 Å². The van der Waals surface area contributed by atoms with Crippen LogP contribution >= 0.6 is 0 Å². The van der Waals surface area contributed by atoms with Crippen molar-refractivity contribution >= 4 is 17.9 Å². The first-order chi connectivity index (χ1) is 7.08. The molecule has 0 atom stereocenters. The molecule has 0 saturated heterocycles. The van der Waals surface area contributed by atoms with Gasteiger partial charge in [-0.05, 0) is 19.3 Å². The number of imide groups is 1. The Hall–Kier alpha value is -1.85. The van der Waals surface area contributed by atoms with Gasteiger partial charge in [-0.2, -0.15) is 0 Å². The molecule has 6 heteroatoms. The van der Waals surface area contributed by atoms with Crippen LogP contribution < -0.4 is 10.6 Å². The molecule has 1 fully saturated rings. The van der Waals surface area contributed by atoms with E-state index in [1.54, 1.807) is 0 Å². The smallest absolute Gasteiger partial charge is 0.328 e. The molecule has 0 aromatic rings. The summed E-state index contributed by atoms with van der Waals surface area (Å²) in [4.78, 5) is 32.1. The van der Waals surface area contributed by atoms with Gasteiger partial charge in [0.1, 0.15) is 0 Å². The Kier molecular flexibility index (Phi) is 3.84. The molecule has 1 saturated carbocycles. The number of hydrogen-bond donors (Lipinski definition) is 3. The van der Waals surface area contributed by atoms with E-state index in [4.69, 9.17) is 5.11 Å². The highest BCUT2D eigenvalue weighted by molar-refractivity contribution is 6.02. The number of rotatable bonds is 3. The summed E-state index contributed by atoms with van der Waals surface area (Å²) < 4.78 is 0. The predicted molar refractivity (Wildman–Crippen MR) is 51.1 cm³/mol. The fourth-order valence-electron chi connectivity index (χ4n) is 1.07. The Morgan fingerprint density at radius 3 is 2.33 bits per heavy atom. The lowest BCUT2D eigenvalue weighted by atomic mass is 9.93. The van der Waals surface area contributed by atoms with Crippen LogP contribution in [0.15, 0.2) is 12.2 Å². The van der Waals surface area contributed by atoms with Gasteiger partial charge in [0.15, 0.2) is 0 Å². The lowest BCUT2D eigenvalue weighted by Crippen LogP contribution is -2.46. The molecule has 0 heterocycles. The Morgan fingerprint density at radius 1 is 1.20 bits per heavy atom. The van der Waals surface area contributed by atoms with Gasteiger partial charge in [-0.3, -0.25) is 10.1 Å². The molecule has 3 amide bonds. The fraction of sp³-hybridized carbons (Fsp3) is 0.444. The highest BCUT2D eigenvalue weighted by Gasteiger charge is 2.19. The highest BCUT2D eigenvalue weighted by Crippen LogP contribution is 2.17. The largest absolute Gasteiger partial charge is 0.478 e. The van der Waals surface area contributed by atoms with Crippen LogP contribution in [-0.4, -0.2) is 29.1 Å². The van der Waals surface area contributed by atoms with Crippen molar-refractivity contribution < 1.29 is 19.5 Å². The van der Waals surface area contributed by atoms with E-state index in [9.17, 15) is 14.4 Å². The minimum Gasteiger partial charge on any atom is -0.478 e. The summed E-state index contributed by atoms with van der Waals surface area (Å²) in [6, 6.07) is -0.444. The molecule has 1 aliphatic rings. The van der Waals surface area contributed by atoms with Gasteiger partial charge < -0.3 is 10.4 Å². The lowest BCUT2D eigenvalue weighted by Gasteiger charge is -2.25. The third-order valence-electron chi connectivity index (χ3n) is 2.05. The topological polar surface area (TPSA) is 95.5 Å². The van der Waals surface area contributed by atoms with Crippen molar-refractivity contribution in [2.24, 2.45) is 0 Å². The third-order valence-corrected chi connectivity index (χ3v) is 2.05. The molecular formula is C9H12N2O4. The fourth-order valence-corrected chi connectivity index (χ4v) is 1.07. The first-order valence-corrected chi connectivity index (χ1v) is 4.60. The minimum absolute atomic E-state index is 0.140.